The number of ether oxygens (including phenoxy) is 3. The van der Waals surface area contributed by atoms with Crippen LogP contribution in [0.1, 0.15) is 27.7 Å². The van der Waals surface area contributed by atoms with Gasteiger partial charge in [-0.2, -0.15) is 0 Å². The first-order valence-corrected chi connectivity index (χ1v) is 6.01. The molecule has 2 atom stereocenters. The molecule has 1 amide bonds. The number of amides is 1. The van der Waals surface area contributed by atoms with Gasteiger partial charge in [-0.3, -0.25) is 0 Å². The lowest BCUT2D eigenvalue weighted by atomic mass is 10.2. The number of aliphatic imine (C=N–C) groups is 1. The van der Waals surface area contributed by atoms with Gasteiger partial charge in [0.1, 0.15) is 18.2 Å². The van der Waals surface area contributed by atoms with E-state index in [4.69, 9.17) is 9.47 Å². The molecular weight excluding hydrogens is 252 g/mol. The third kappa shape index (κ3) is 4.76. The Balaban J connectivity index is 2.53. The second-order valence-electron chi connectivity index (χ2n) is 5.19. The van der Waals surface area contributed by atoms with E-state index in [-0.39, 0.29) is 6.61 Å². The molecule has 0 spiro atoms. The Morgan fingerprint density at radius 3 is 2.63 bits per heavy atom. The molecule has 0 fully saturated rings. The lowest BCUT2D eigenvalue weighted by Crippen LogP contribution is -2.41. The van der Waals surface area contributed by atoms with Crippen molar-refractivity contribution in [1.82, 2.24) is 5.32 Å². The smallest absolute Gasteiger partial charge is 0.408 e. The van der Waals surface area contributed by atoms with E-state index in [9.17, 15) is 9.59 Å². The fourth-order valence-electron chi connectivity index (χ4n) is 1.43. The number of methoxy groups -OCH3 is 1. The molecule has 0 aromatic heterocycles. The van der Waals surface area contributed by atoms with Gasteiger partial charge in [-0.1, -0.05) is 0 Å². The van der Waals surface area contributed by atoms with Crippen molar-refractivity contribution >= 4 is 18.0 Å². The molecule has 1 rings (SSSR count). The number of nitrogens with one attached hydrogen (secondary N) is 1. The third-order valence-corrected chi connectivity index (χ3v) is 2.25. The van der Waals surface area contributed by atoms with Crippen molar-refractivity contribution in [2.24, 2.45) is 4.99 Å². The molecule has 0 radical (unpaired) electrons. The van der Waals surface area contributed by atoms with Crippen LogP contribution < -0.4 is 5.32 Å². The van der Waals surface area contributed by atoms with Crippen LogP contribution in [0.3, 0.4) is 0 Å². The number of alkyl carbamates (subject to hydrolysis) is 1. The molecule has 19 heavy (non-hydrogen) atoms. The third-order valence-electron chi connectivity index (χ3n) is 2.25. The molecule has 0 bridgehead atoms. The average molecular weight is 272 g/mol. The first kappa shape index (κ1) is 15.3. The highest BCUT2D eigenvalue weighted by molar-refractivity contribution is 5.90. The van der Waals surface area contributed by atoms with Gasteiger partial charge in [-0.05, 0) is 27.7 Å². The lowest BCUT2D eigenvalue weighted by Gasteiger charge is -2.21. The summed E-state index contributed by atoms with van der Waals surface area (Å²) in [6.07, 6.45) is -0.562. The van der Waals surface area contributed by atoms with Crippen LogP contribution in [0.2, 0.25) is 0 Å². The molecule has 1 aliphatic heterocycles. The molecule has 7 nitrogen and oxygen atoms in total. The summed E-state index contributed by atoms with van der Waals surface area (Å²) < 4.78 is 14.9. The van der Waals surface area contributed by atoms with E-state index >= 15 is 0 Å². The number of esters is 1. The number of carbonyl (C=O) groups is 2. The normalized spacial score (nSPS) is 20.1. The maximum atomic E-state index is 11.6. The Hall–Kier alpha value is -1.79. The van der Waals surface area contributed by atoms with Gasteiger partial charge < -0.3 is 19.5 Å². The van der Waals surface area contributed by atoms with Crippen molar-refractivity contribution in [2.45, 2.75) is 45.4 Å². The zero-order valence-corrected chi connectivity index (χ0v) is 11.9. The Labute approximate surface area is 112 Å². The van der Waals surface area contributed by atoms with Gasteiger partial charge >= 0.3 is 12.1 Å². The van der Waals surface area contributed by atoms with Crippen molar-refractivity contribution in [3.05, 3.63) is 0 Å². The van der Waals surface area contributed by atoms with Crippen LogP contribution in [0, 0.1) is 0 Å². The van der Waals surface area contributed by atoms with Crippen LogP contribution in [-0.2, 0) is 19.0 Å². The average Bonchev–Trinajstić information content (AvgIpc) is 2.74. The molecular formula is C12H20N2O5. The predicted octanol–water partition coefficient (Wildman–Crippen LogP) is 0.870. The highest BCUT2D eigenvalue weighted by Gasteiger charge is 2.30. The Bertz CT molecular complexity index is 386. The van der Waals surface area contributed by atoms with E-state index in [2.05, 4.69) is 15.0 Å². The molecule has 1 unspecified atom stereocenters. The Morgan fingerprint density at radius 1 is 1.47 bits per heavy atom. The van der Waals surface area contributed by atoms with E-state index in [1.165, 1.54) is 7.11 Å². The highest BCUT2D eigenvalue weighted by atomic mass is 16.6. The summed E-state index contributed by atoms with van der Waals surface area (Å²) >= 11 is 0. The molecule has 0 saturated carbocycles. The number of hydrogen-bond donors (Lipinski definition) is 1. The van der Waals surface area contributed by atoms with Crippen LogP contribution in [0.5, 0.6) is 0 Å². The Morgan fingerprint density at radius 2 is 2.11 bits per heavy atom. The van der Waals surface area contributed by atoms with Crippen molar-refractivity contribution in [3.63, 3.8) is 0 Å². The molecule has 0 aromatic carbocycles. The molecule has 108 valence electrons. The van der Waals surface area contributed by atoms with E-state index in [1.807, 2.05) is 0 Å². The van der Waals surface area contributed by atoms with E-state index in [0.717, 1.165) is 0 Å². The van der Waals surface area contributed by atoms with Crippen LogP contribution in [0.15, 0.2) is 4.99 Å². The summed E-state index contributed by atoms with van der Waals surface area (Å²) in [5, 5.41) is 2.59. The lowest BCUT2D eigenvalue weighted by molar-refractivity contribution is -0.142. The summed E-state index contributed by atoms with van der Waals surface area (Å²) in [6, 6.07) is -1.13. The Kier molecular flexibility index (Phi) is 4.74. The minimum Gasteiger partial charge on any atom is -0.477 e. The second-order valence-corrected chi connectivity index (χ2v) is 5.19. The number of rotatable bonds is 3. The molecule has 1 heterocycles. The quantitative estimate of drug-likeness (QED) is 0.770. The maximum Gasteiger partial charge on any atom is 0.408 e. The van der Waals surface area contributed by atoms with E-state index in [1.54, 1.807) is 27.7 Å². The minimum atomic E-state index is -0.664. The largest absolute Gasteiger partial charge is 0.477 e. The summed E-state index contributed by atoms with van der Waals surface area (Å²) in [7, 11) is 1.29. The minimum absolute atomic E-state index is 0.127. The number of hydrogen-bond acceptors (Lipinski definition) is 6. The van der Waals surface area contributed by atoms with E-state index in [0.29, 0.717) is 5.90 Å². The topological polar surface area (TPSA) is 86.2 Å². The molecule has 1 N–H and O–H groups in total. The number of carbonyl (C=O) groups excluding carboxylic acids is 2. The maximum absolute atomic E-state index is 11.6. The summed E-state index contributed by atoms with van der Waals surface area (Å²) in [6.45, 7) is 7.14. The van der Waals surface area contributed by atoms with Crippen LogP contribution in [0.25, 0.3) is 0 Å². The van der Waals surface area contributed by atoms with Gasteiger partial charge in [-0.15, -0.1) is 0 Å². The van der Waals surface area contributed by atoms with Gasteiger partial charge in [0.2, 0.25) is 5.90 Å². The monoisotopic (exact) mass is 272 g/mol. The highest BCUT2D eigenvalue weighted by Crippen LogP contribution is 2.10. The fraction of sp³-hybridized carbons (Fsp3) is 0.750. The van der Waals surface area contributed by atoms with Crippen molar-refractivity contribution in [2.75, 3.05) is 13.7 Å². The van der Waals surface area contributed by atoms with Gasteiger partial charge in [0, 0.05) is 0 Å². The molecule has 0 saturated heterocycles. The summed E-state index contributed by atoms with van der Waals surface area (Å²) in [5.74, 6) is -0.166. The first-order chi connectivity index (χ1) is 8.73. The van der Waals surface area contributed by atoms with Crippen molar-refractivity contribution < 1.29 is 23.8 Å². The first-order valence-electron chi connectivity index (χ1n) is 6.01. The molecule has 0 aromatic rings. The van der Waals surface area contributed by atoms with Crippen LogP contribution in [0.4, 0.5) is 4.79 Å². The summed E-state index contributed by atoms with van der Waals surface area (Å²) in [5.41, 5.74) is -0.573. The van der Waals surface area contributed by atoms with Gasteiger partial charge in [0.05, 0.1) is 7.11 Å². The van der Waals surface area contributed by atoms with Gasteiger partial charge in [0.15, 0.2) is 6.04 Å². The zero-order valence-electron chi connectivity index (χ0n) is 11.9. The van der Waals surface area contributed by atoms with Crippen molar-refractivity contribution in [1.29, 1.82) is 0 Å². The van der Waals surface area contributed by atoms with Gasteiger partial charge in [-0.25, -0.2) is 14.6 Å². The zero-order chi connectivity index (χ0) is 14.6. The number of nitrogens with zero attached hydrogens (tertiary/aromatic N) is 1. The van der Waals surface area contributed by atoms with Crippen LogP contribution in [-0.4, -0.2) is 49.4 Å². The standard InChI is InChI=1S/C12H20N2O5/c1-7(13-11(16)19-12(2,3)4)9-14-8(6-18-9)10(15)17-5/h7-8H,6H2,1-5H3,(H,13,16)/t7-,8?/m0/s1. The van der Waals surface area contributed by atoms with Crippen LogP contribution >= 0.6 is 0 Å². The molecule has 7 heteroatoms. The van der Waals surface area contributed by atoms with E-state index < -0.39 is 29.7 Å². The predicted molar refractivity (Wildman–Crippen MR) is 68.0 cm³/mol. The fourth-order valence-corrected chi connectivity index (χ4v) is 1.43. The molecule has 0 aliphatic carbocycles. The van der Waals surface area contributed by atoms with Crippen molar-refractivity contribution in [3.8, 4) is 0 Å². The SMILES string of the molecule is COC(=O)C1COC([C@H](C)NC(=O)OC(C)(C)C)=N1. The summed E-state index contributed by atoms with van der Waals surface area (Å²) in [4.78, 5) is 26.9. The molecule has 1 aliphatic rings. The second kappa shape index (κ2) is 5.90. The van der Waals surface area contributed by atoms with Gasteiger partial charge in [0.25, 0.3) is 0 Å².